The summed E-state index contributed by atoms with van der Waals surface area (Å²) in [6.07, 6.45) is 5.14. The fraction of sp³-hybridized carbons (Fsp3) is 0.143. The van der Waals surface area contributed by atoms with Crippen LogP contribution < -0.4 is 19.1 Å². The van der Waals surface area contributed by atoms with E-state index in [9.17, 15) is 9.47 Å². The Balaban J connectivity index is 1.32. The van der Waals surface area contributed by atoms with Crippen molar-refractivity contribution in [2.75, 3.05) is 15.9 Å². The van der Waals surface area contributed by atoms with E-state index in [-0.39, 0.29) is 0 Å². The number of aromatic nitrogens is 1. The number of pyridine rings is 1. The minimum Gasteiger partial charge on any atom is -0.489 e. The zero-order valence-corrected chi connectivity index (χ0v) is 24.9. The molecule has 0 aliphatic carbocycles. The highest BCUT2D eigenvalue weighted by Gasteiger charge is 2.15. The summed E-state index contributed by atoms with van der Waals surface area (Å²) in [5.41, 5.74) is 6.58. The van der Waals surface area contributed by atoms with Crippen LogP contribution in [0.15, 0.2) is 116 Å². The van der Waals surface area contributed by atoms with Crippen molar-refractivity contribution in [2.24, 2.45) is 0 Å². The summed E-state index contributed by atoms with van der Waals surface area (Å²) in [6.45, 7) is 3.67. The van der Waals surface area contributed by atoms with Crippen molar-refractivity contribution < 1.29 is 13.7 Å². The molecular weight excluding hydrogens is 556 g/mol. The molecule has 1 atom stereocenters. The maximum atomic E-state index is 11.9. The number of nitrogens with zero attached hydrogens (tertiary/aromatic N) is 3. The van der Waals surface area contributed by atoms with Crippen LogP contribution in [0.2, 0.25) is 0 Å². The number of nitriles is 1. The molecule has 0 saturated heterocycles. The van der Waals surface area contributed by atoms with E-state index in [4.69, 9.17) is 9.47 Å². The van der Waals surface area contributed by atoms with Crippen molar-refractivity contribution in [2.45, 2.75) is 26.6 Å². The third-order valence-electron chi connectivity index (χ3n) is 6.80. The molecule has 0 amide bonds. The number of ether oxygens (including phenoxy) is 2. The van der Waals surface area contributed by atoms with E-state index in [1.165, 1.54) is 0 Å². The molecule has 1 aromatic heterocycles. The second-order valence-electron chi connectivity index (χ2n) is 10.0. The highest BCUT2D eigenvalue weighted by Crippen LogP contribution is 2.31. The molecule has 0 fully saturated rings. The molecule has 4 aromatic carbocycles. The molecule has 8 heteroatoms. The molecule has 1 N–H and O–H groups in total. The van der Waals surface area contributed by atoms with Gasteiger partial charge in [0.2, 0.25) is 0 Å². The first-order chi connectivity index (χ1) is 21.0. The van der Waals surface area contributed by atoms with Crippen molar-refractivity contribution >= 4 is 22.4 Å². The zero-order chi connectivity index (χ0) is 30.0. The van der Waals surface area contributed by atoms with Crippen LogP contribution in [-0.2, 0) is 30.7 Å². The van der Waals surface area contributed by atoms with E-state index in [0.717, 1.165) is 33.6 Å². The predicted octanol–water partition coefficient (Wildman–Crippen LogP) is 7.55. The molecule has 1 heterocycles. The Labute approximate surface area is 255 Å². The van der Waals surface area contributed by atoms with Crippen LogP contribution in [0, 0.1) is 18.3 Å². The Morgan fingerprint density at radius 1 is 0.837 bits per heavy atom. The van der Waals surface area contributed by atoms with Gasteiger partial charge >= 0.3 is 0 Å². The van der Waals surface area contributed by atoms with Crippen LogP contribution in [0.5, 0.6) is 17.2 Å². The van der Waals surface area contributed by atoms with Gasteiger partial charge in [0.25, 0.3) is 0 Å². The van der Waals surface area contributed by atoms with Crippen molar-refractivity contribution in [3.8, 4) is 23.3 Å². The first-order valence-electron chi connectivity index (χ1n) is 13.8. The van der Waals surface area contributed by atoms with E-state index < -0.39 is 11.0 Å². The van der Waals surface area contributed by atoms with Gasteiger partial charge in [0.15, 0.2) is 0 Å². The molecular formula is C35H32N4O3S. The normalized spacial score (nSPS) is 11.3. The molecule has 5 aromatic rings. The van der Waals surface area contributed by atoms with Crippen molar-refractivity contribution in [3.63, 3.8) is 0 Å². The second-order valence-corrected chi connectivity index (χ2v) is 11.2. The molecule has 0 radical (unpaired) electrons. The van der Waals surface area contributed by atoms with Gasteiger partial charge in [0.1, 0.15) is 34.8 Å². The molecule has 0 aliphatic rings. The lowest BCUT2D eigenvalue weighted by molar-refractivity contribution is 0.304. The van der Waals surface area contributed by atoms with Crippen LogP contribution in [0.1, 0.15) is 27.8 Å². The molecule has 216 valence electrons. The Morgan fingerprint density at radius 3 is 2.35 bits per heavy atom. The number of benzene rings is 4. The maximum absolute atomic E-state index is 11.9. The van der Waals surface area contributed by atoms with Gasteiger partial charge in [-0.3, -0.25) is 4.98 Å². The summed E-state index contributed by atoms with van der Waals surface area (Å²) in [4.78, 5) is 6.38. The number of hydrogen-bond donors (Lipinski definition) is 1. The summed E-state index contributed by atoms with van der Waals surface area (Å²) >= 11 is 0. The fourth-order valence-corrected chi connectivity index (χ4v) is 5.25. The Morgan fingerprint density at radius 2 is 1.58 bits per heavy atom. The van der Waals surface area contributed by atoms with Gasteiger partial charge in [-0.2, -0.15) is 5.26 Å². The van der Waals surface area contributed by atoms with E-state index in [2.05, 4.69) is 38.9 Å². The molecule has 0 spiro atoms. The Hall–Kier alpha value is -5.13. The van der Waals surface area contributed by atoms with Gasteiger partial charge in [0.05, 0.1) is 17.3 Å². The molecule has 7 nitrogen and oxygen atoms in total. The summed E-state index contributed by atoms with van der Waals surface area (Å²) in [6, 6.07) is 35.3. The molecule has 43 heavy (non-hydrogen) atoms. The lowest BCUT2D eigenvalue weighted by Crippen LogP contribution is -2.23. The monoisotopic (exact) mass is 588 g/mol. The summed E-state index contributed by atoms with van der Waals surface area (Å²) in [5.74, 6) is 2.12. The second kappa shape index (κ2) is 14.2. The number of anilines is 2. The van der Waals surface area contributed by atoms with E-state index >= 15 is 0 Å². The average Bonchev–Trinajstić information content (AvgIpc) is 3.02. The minimum atomic E-state index is -1.19. The zero-order valence-electron chi connectivity index (χ0n) is 24.1. The van der Waals surface area contributed by atoms with Crippen LogP contribution in [-0.4, -0.2) is 15.4 Å². The smallest absolute Gasteiger partial charge is 0.131 e. The molecule has 1 unspecified atom stereocenters. The average molecular weight is 589 g/mol. The van der Waals surface area contributed by atoms with Crippen molar-refractivity contribution in [1.82, 2.24) is 4.98 Å². The SMILES string of the molecule is Cc1c(NS(C)=O)cccc1N(Cc1ccc(Oc2cccc(OCc3cccnc3)c2)cc1)Cc1cccc(C#N)c1. The van der Waals surface area contributed by atoms with Crippen molar-refractivity contribution in [1.29, 1.82) is 5.26 Å². The van der Waals surface area contributed by atoms with Gasteiger partial charge in [-0.25, -0.2) is 4.21 Å². The lowest BCUT2D eigenvalue weighted by atomic mass is 10.1. The molecule has 0 saturated carbocycles. The predicted molar refractivity (Wildman–Crippen MR) is 171 cm³/mol. The largest absolute Gasteiger partial charge is 0.489 e. The van der Waals surface area contributed by atoms with Gasteiger partial charge in [-0.1, -0.05) is 42.5 Å². The van der Waals surface area contributed by atoms with Crippen LogP contribution in [0.3, 0.4) is 0 Å². The van der Waals surface area contributed by atoms with E-state index in [0.29, 0.717) is 42.5 Å². The first kappa shape index (κ1) is 29.4. The summed E-state index contributed by atoms with van der Waals surface area (Å²) in [7, 11) is -1.19. The quantitative estimate of drug-likeness (QED) is 0.162. The van der Waals surface area contributed by atoms with E-state index in [1.54, 1.807) is 18.6 Å². The first-order valence-corrected chi connectivity index (χ1v) is 15.3. The van der Waals surface area contributed by atoms with Crippen LogP contribution in [0.4, 0.5) is 11.4 Å². The minimum absolute atomic E-state index is 0.429. The summed E-state index contributed by atoms with van der Waals surface area (Å²) in [5, 5.41) is 9.41. The third kappa shape index (κ3) is 8.22. The van der Waals surface area contributed by atoms with Gasteiger partial charge < -0.3 is 19.1 Å². The van der Waals surface area contributed by atoms with Crippen molar-refractivity contribution in [3.05, 3.63) is 143 Å². The van der Waals surface area contributed by atoms with Crippen LogP contribution >= 0.6 is 0 Å². The third-order valence-corrected chi connectivity index (χ3v) is 7.30. The fourth-order valence-electron chi connectivity index (χ4n) is 4.71. The molecule has 0 aliphatic heterocycles. The van der Waals surface area contributed by atoms with E-state index in [1.807, 2.05) is 91.9 Å². The highest BCUT2D eigenvalue weighted by molar-refractivity contribution is 7.85. The maximum Gasteiger partial charge on any atom is 0.131 e. The lowest BCUT2D eigenvalue weighted by Gasteiger charge is -2.28. The standard InChI is InChI=1S/C35H32N4O3S/c1-26-34(38-43(2)40)12-5-13-35(26)39(24-29-8-3-7-28(19-29)21-36)23-27-14-16-31(17-15-27)42-33-11-4-10-32(20-33)41-25-30-9-6-18-37-22-30/h3-20,22,38H,23-25H2,1-2H3. The Bertz CT molecular complexity index is 1740. The van der Waals surface area contributed by atoms with Gasteiger partial charge in [-0.15, -0.1) is 0 Å². The van der Waals surface area contributed by atoms with Gasteiger partial charge in [-0.05, 0) is 78.2 Å². The Kier molecular flexibility index (Phi) is 9.67. The summed E-state index contributed by atoms with van der Waals surface area (Å²) < 4.78 is 27.0. The topological polar surface area (TPSA) is 87.5 Å². The number of hydrogen-bond acceptors (Lipinski definition) is 6. The number of rotatable bonds is 12. The molecule has 5 rings (SSSR count). The van der Waals surface area contributed by atoms with Crippen LogP contribution in [0.25, 0.3) is 0 Å². The highest BCUT2D eigenvalue weighted by atomic mass is 32.2. The van der Waals surface area contributed by atoms with Gasteiger partial charge in [0, 0.05) is 49.1 Å². The molecule has 0 bridgehead atoms. The number of nitrogens with one attached hydrogen (secondary N) is 1.